The minimum Gasteiger partial charge on any atom is -0.343 e. The Labute approximate surface area is 152 Å². The van der Waals surface area contributed by atoms with Crippen LogP contribution in [-0.2, 0) is 4.79 Å². The third-order valence-electron chi connectivity index (χ3n) is 5.61. The molecule has 0 N–H and O–H groups in total. The molecule has 1 aliphatic rings. The first-order valence-electron chi connectivity index (χ1n) is 10.4. The summed E-state index contributed by atoms with van der Waals surface area (Å²) < 4.78 is 0. The monoisotopic (exact) mass is 339 g/mol. The Kier molecular flexibility index (Phi) is 11.7. The van der Waals surface area contributed by atoms with E-state index in [1.807, 2.05) is 4.90 Å². The summed E-state index contributed by atoms with van der Waals surface area (Å²) in [7, 11) is 0. The van der Waals surface area contributed by atoms with Crippen molar-refractivity contribution < 1.29 is 4.79 Å². The van der Waals surface area contributed by atoms with Gasteiger partial charge in [0.05, 0.1) is 0 Å². The zero-order chi connectivity index (χ0) is 18.6. The highest BCUT2D eigenvalue weighted by Gasteiger charge is 2.32. The van der Waals surface area contributed by atoms with Gasteiger partial charge in [0.1, 0.15) is 0 Å². The molecule has 1 aliphatic heterocycles. The van der Waals surface area contributed by atoms with Gasteiger partial charge in [-0.2, -0.15) is 0 Å². The molecule has 0 spiro atoms. The minimum atomic E-state index is 0.248. The molecule has 1 saturated heterocycles. The Morgan fingerprint density at radius 1 is 0.958 bits per heavy atom. The normalized spacial score (nSPS) is 17.2. The molecule has 2 nitrogen and oxygen atoms in total. The molecule has 0 saturated carbocycles. The zero-order valence-electron chi connectivity index (χ0n) is 17.8. The van der Waals surface area contributed by atoms with Gasteiger partial charge < -0.3 is 4.90 Å². The zero-order valence-corrected chi connectivity index (χ0v) is 17.8. The molecule has 1 amide bonds. The van der Waals surface area contributed by atoms with Gasteiger partial charge in [0.15, 0.2) is 0 Å². The van der Waals surface area contributed by atoms with E-state index in [4.69, 9.17) is 0 Å². The Morgan fingerprint density at radius 3 is 1.83 bits per heavy atom. The Bertz CT molecular complexity index is 321. The first-order valence-corrected chi connectivity index (χ1v) is 10.4. The smallest absolute Gasteiger partial charge is 0.219 e. The molecule has 0 aliphatic carbocycles. The van der Waals surface area contributed by atoms with Gasteiger partial charge in [0, 0.05) is 20.0 Å². The summed E-state index contributed by atoms with van der Waals surface area (Å²) in [6.07, 6.45) is 13.2. The second-order valence-electron chi connectivity index (χ2n) is 8.98. The fourth-order valence-corrected chi connectivity index (χ4v) is 3.53. The third kappa shape index (κ3) is 10.4. The largest absolute Gasteiger partial charge is 0.343 e. The van der Waals surface area contributed by atoms with Crippen LogP contribution in [0.3, 0.4) is 0 Å². The maximum Gasteiger partial charge on any atom is 0.219 e. The minimum absolute atomic E-state index is 0.248. The topological polar surface area (TPSA) is 20.3 Å². The highest BCUT2D eigenvalue weighted by atomic mass is 16.2. The fraction of sp³-hybridized carbons (Fsp3) is 0.955. The summed E-state index contributed by atoms with van der Waals surface area (Å²) in [5.41, 5.74) is 1.09. The van der Waals surface area contributed by atoms with Crippen molar-refractivity contribution in [1.29, 1.82) is 0 Å². The van der Waals surface area contributed by atoms with Crippen molar-refractivity contribution in [2.24, 2.45) is 10.8 Å². The van der Waals surface area contributed by atoms with Crippen LogP contribution in [0.25, 0.3) is 0 Å². The molecule has 2 heteroatoms. The number of piperidine rings is 1. The number of unbranched alkanes of at least 4 members (excludes halogenated alkanes) is 3. The van der Waals surface area contributed by atoms with Gasteiger partial charge in [0.25, 0.3) is 0 Å². The van der Waals surface area contributed by atoms with E-state index < -0.39 is 0 Å². The second-order valence-corrected chi connectivity index (χ2v) is 8.98. The van der Waals surface area contributed by atoms with Gasteiger partial charge in [0.2, 0.25) is 5.91 Å². The Morgan fingerprint density at radius 2 is 1.50 bits per heavy atom. The lowest BCUT2D eigenvalue weighted by molar-refractivity contribution is -0.131. The van der Waals surface area contributed by atoms with Crippen LogP contribution in [-0.4, -0.2) is 23.9 Å². The van der Waals surface area contributed by atoms with Crippen molar-refractivity contribution in [2.75, 3.05) is 13.1 Å². The number of nitrogens with zero attached hydrogens (tertiary/aromatic N) is 1. The molecular formula is C22H45NO. The fourth-order valence-electron chi connectivity index (χ4n) is 3.53. The quantitative estimate of drug-likeness (QED) is 0.465. The molecule has 0 aromatic rings. The molecule has 0 radical (unpaired) electrons. The average Bonchev–Trinajstić information content (AvgIpc) is 2.53. The Hall–Kier alpha value is -0.530. The molecule has 0 aromatic carbocycles. The molecule has 0 atom stereocenters. The first-order chi connectivity index (χ1) is 11.2. The summed E-state index contributed by atoms with van der Waals surface area (Å²) in [6, 6.07) is 0. The molecular weight excluding hydrogens is 294 g/mol. The highest BCUT2D eigenvalue weighted by molar-refractivity contribution is 5.73. The van der Waals surface area contributed by atoms with E-state index in [-0.39, 0.29) is 5.91 Å². The Balaban J connectivity index is 0.000000561. The second kappa shape index (κ2) is 11.9. The van der Waals surface area contributed by atoms with Gasteiger partial charge in [-0.1, -0.05) is 80.1 Å². The van der Waals surface area contributed by atoms with Crippen LogP contribution in [0.15, 0.2) is 0 Å². The summed E-state index contributed by atoms with van der Waals surface area (Å²) >= 11 is 0. The van der Waals surface area contributed by atoms with Crippen molar-refractivity contribution in [3.05, 3.63) is 0 Å². The summed E-state index contributed by atoms with van der Waals surface area (Å²) in [5.74, 6) is 0.248. The molecule has 0 unspecified atom stereocenters. The van der Waals surface area contributed by atoms with Gasteiger partial charge in [-0.15, -0.1) is 0 Å². The van der Waals surface area contributed by atoms with E-state index >= 15 is 0 Å². The van der Waals surface area contributed by atoms with E-state index in [1.54, 1.807) is 6.92 Å². The van der Waals surface area contributed by atoms with Crippen molar-refractivity contribution >= 4 is 5.91 Å². The SMILES string of the molecule is CCCCC(C)(C)C.CCCCCC1(CC)CCN(C(C)=O)CC1. The third-order valence-corrected chi connectivity index (χ3v) is 5.61. The van der Waals surface area contributed by atoms with Gasteiger partial charge in [-0.3, -0.25) is 4.79 Å². The first kappa shape index (κ1) is 23.5. The standard InChI is InChI=1S/C14H27NO.C8H18/c1-4-6-7-8-14(5-2)9-11-15(12-10-14)13(3)16;1-5-6-7-8(2,3)4/h4-12H2,1-3H3;5-7H2,1-4H3. The van der Waals surface area contributed by atoms with Crippen LogP contribution in [0.2, 0.25) is 0 Å². The van der Waals surface area contributed by atoms with Crippen LogP contribution >= 0.6 is 0 Å². The van der Waals surface area contributed by atoms with Crippen LogP contribution in [0.5, 0.6) is 0 Å². The van der Waals surface area contributed by atoms with E-state index in [0.29, 0.717) is 10.8 Å². The maximum absolute atomic E-state index is 11.3. The van der Waals surface area contributed by atoms with E-state index in [9.17, 15) is 4.79 Å². The number of carbonyl (C=O) groups excluding carboxylic acids is 1. The molecule has 1 heterocycles. The molecule has 144 valence electrons. The summed E-state index contributed by atoms with van der Waals surface area (Å²) in [5, 5.41) is 0. The summed E-state index contributed by atoms with van der Waals surface area (Å²) in [6.45, 7) is 17.4. The van der Waals surface area contributed by atoms with Crippen molar-refractivity contribution in [2.45, 2.75) is 113 Å². The van der Waals surface area contributed by atoms with E-state index in [1.165, 1.54) is 64.2 Å². The van der Waals surface area contributed by atoms with Crippen LogP contribution < -0.4 is 0 Å². The number of rotatable bonds is 7. The van der Waals surface area contributed by atoms with E-state index in [0.717, 1.165) is 13.1 Å². The lowest BCUT2D eigenvalue weighted by atomic mass is 9.72. The molecule has 0 aromatic heterocycles. The van der Waals surface area contributed by atoms with Crippen LogP contribution in [0.1, 0.15) is 113 Å². The average molecular weight is 340 g/mol. The number of carbonyl (C=O) groups is 1. The maximum atomic E-state index is 11.3. The summed E-state index contributed by atoms with van der Waals surface area (Å²) in [4.78, 5) is 13.3. The van der Waals surface area contributed by atoms with E-state index in [2.05, 4.69) is 41.5 Å². The van der Waals surface area contributed by atoms with Crippen LogP contribution in [0, 0.1) is 10.8 Å². The van der Waals surface area contributed by atoms with Gasteiger partial charge >= 0.3 is 0 Å². The predicted octanol–water partition coefficient (Wildman–Crippen LogP) is 6.83. The molecule has 0 bridgehead atoms. The predicted molar refractivity (Wildman–Crippen MR) is 107 cm³/mol. The number of hydrogen-bond acceptors (Lipinski definition) is 1. The van der Waals surface area contributed by atoms with Crippen molar-refractivity contribution in [1.82, 2.24) is 4.90 Å². The van der Waals surface area contributed by atoms with Crippen molar-refractivity contribution in [3.63, 3.8) is 0 Å². The molecule has 24 heavy (non-hydrogen) atoms. The van der Waals surface area contributed by atoms with Gasteiger partial charge in [-0.05, 0) is 36.5 Å². The molecule has 1 fully saturated rings. The van der Waals surface area contributed by atoms with Crippen molar-refractivity contribution in [3.8, 4) is 0 Å². The number of likely N-dealkylation sites (tertiary alicyclic amines) is 1. The van der Waals surface area contributed by atoms with Crippen LogP contribution in [0.4, 0.5) is 0 Å². The number of hydrogen-bond donors (Lipinski definition) is 0. The van der Waals surface area contributed by atoms with Gasteiger partial charge in [-0.25, -0.2) is 0 Å². The number of amides is 1. The highest BCUT2D eigenvalue weighted by Crippen LogP contribution is 2.39. The molecule has 1 rings (SSSR count). The lowest BCUT2D eigenvalue weighted by Crippen LogP contribution is -2.42. The lowest BCUT2D eigenvalue weighted by Gasteiger charge is -2.41.